The normalized spacial score (nSPS) is 10.5. The fraction of sp³-hybridized carbons (Fsp3) is 0.350. The fourth-order valence-corrected chi connectivity index (χ4v) is 2.66. The third kappa shape index (κ3) is 5.35. The summed E-state index contributed by atoms with van der Waals surface area (Å²) in [4.78, 5) is 22.5. The van der Waals surface area contributed by atoms with Gasteiger partial charge in [-0.05, 0) is 43.5 Å². The van der Waals surface area contributed by atoms with Crippen LogP contribution in [0.15, 0.2) is 36.4 Å². The number of nitro benzene ring substituents is 1. The summed E-state index contributed by atoms with van der Waals surface area (Å²) in [5, 5.41) is 16.5. The van der Waals surface area contributed by atoms with E-state index < -0.39 is 4.92 Å². The van der Waals surface area contributed by atoms with Crippen LogP contribution in [0.4, 0.5) is 16.2 Å². The lowest BCUT2D eigenvalue weighted by atomic mass is 10.2. The Balaban J connectivity index is 2.15. The lowest BCUT2D eigenvalue weighted by molar-refractivity contribution is -0.384. The Labute approximate surface area is 164 Å². The maximum Gasteiger partial charge on any atom is 0.319 e. The zero-order valence-corrected chi connectivity index (χ0v) is 16.4. The molecule has 0 unspecified atom stereocenters. The molecule has 2 N–H and O–H groups in total. The first-order chi connectivity index (χ1) is 13.4. The molecule has 0 atom stereocenters. The lowest BCUT2D eigenvalue weighted by Crippen LogP contribution is -2.37. The SMILES string of the molecule is CCC(CC)NC(=O)Nc1ccc(Oc2ccc([N+](=O)[O-])cc2C)c(OC)c1. The van der Waals surface area contributed by atoms with Gasteiger partial charge in [0.2, 0.25) is 0 Å². The summed E-state index contributed by atoms with van der Waals surface area (Å²) in [6.45, 7) is 5.76. The Morgan fingerprint density at radius 3 is 2.36 bits per heavy atom. The molecule has 0 radical (unpaired) electrons. The minimum absolute atomic E-state index is 0.000150. The topological polar surface area (TPSA) is 103 Å². The minimum atomic E-state index is -0.454. The molecule has 0 spiro atoms. The number of carbonyl (C=O) groups excluding carboxylic acids is 1. The predicted octanol–water partition coefficient (Wildman–Crippen LogP) is 5.01. The van der Waals surface area contributed by atoms with Gasteiger partial charge in [-0.2, -0.15) is 0 Å². The number of nitrogens with zero attached hydrogens (tertiary/aromatic N) is 1. The van der Waals surface area contributed by atoms with E-state index >= 15 is 0 Å². The maximum absolute atomic E-state index is 12.1. The van der Waals surface area contributed by atoms with Crippen LogP contribution in [0, 0.1) is 17.0 Å². The van der Waals surface area contributed by atoms with E-state index in [2.05, 4.69) is 10.6 Å². The number of hydrogen-bond acceptors (Lipinski definition) is 5. The van der Waals surface area contributed by atoms with Gasteiger partial charge in [-0.1, -0.05) is 13.8 Å². The number of hydrogen-bond donors (Lipinski definition) is 2. The van der Waals surface area contributed by atoms with Crippen molar-refractivity contribution in [3.8, 4) is 17.2 Å². The van der Waals surface area contributed by atoms with Crippen molar-refractivity contribution in [3.05, 3.63) is 52.1 Å². The molecule has 0 saturated heterocycles. The molecule has 0 heterocycles. The van der Waals surface area contributed by atoms with Crippen LogP contribution < -0.4 is 20.1 Å². The number of benzene rings is 2. The van der Waals surface area contributed by atoms with Gasteiger partial charge in [-0.15, -0.1) is 0 Å². The number of carbonyl (C=O) groups is 1. The number of nitrogens with one attached hydrogen (secondary N) is 2. The first-order valence-electron chi connectivity index (χ1n) is 9.06. The van der Waals surface area contributed by atoms with Crippen LogP contribution >= 0.6 is 0 Å². The zero-order valence-electron chi connectivity index (χ0n) is 16.4. The number of rotatable bonds is 8. The molecule has 2 rings (SSSR count). The Bertz CT molecular complexity index is 850. The Morgan fingerprint density at radius 2 is 1.79 bits per heavy atom. The van der Waals surface area contributed by atoms with E-state index in [0.717, 1.165) is 12.8 Å². The van der Waals surface area contributed by atoms with Crippen LogP contribution in [-0.2, 0) is 0 Å². The molecular formula is C20H25N3O5. The molecule has 150 valence electrons. The van der Waals surface area contributed by atoms with Gasteiger partial charge in [-0.25, -0.2) is 4.79 Å². The lowest BCUT2D eigenvalue weighted by Gasteiger charge is -2.16. The minimum Gasteiger partial charge on any atom is -0.493 e. The molecule has 8 heteroatoms. The Hall–Kier alpha value is -3.29. The quantitative estimate of drug-likeness (QED) is 0.489. The fourth-order valence-electron chi connectivity index (χ4n) is 2.66. The summed E-state index contributed by atoms with van der Waals surface area (Å²) in [6.07, 6.45) is 1.71. The number of non-ortho nitro benzene ring substituents is 1. The average Bonchev–Trinajstić information content (AvgIpc) is 2.68. The number of methoxy groups -OCH3 is 1. The highest BCUT2D eigenvalue weighted by Gasteiger charge is 2.14. The van der Waals surface area contributed by atoms with Gasteiger partial charge in [0, 0.05) is 29.9 Å². The molecule has 8 nitrogen and oxygen atoms in total. The Kier molecular flexibility index (Phi) is 7.20. The van der Waals surface area contributed by atoms with Crippen molar-refractivity contribution in [3.63, 3.8) is 0 Å². The van der Waals surface area contributed by atoms with Crippen molar-refractivity contribution >= 4 is 17.4 Å². The van der Waals surface area contributed by atoms with E-state index in [4.69, 9.17) is 9.47 Å². The van der Waals surface area contributed by atoms with Crippen molar-refractivity contribution < 1.29 is 19.2 Å². The largest absolute Gasteiger partial charge is 0.493 e. The van der Waals surface area contributed by atoms with E-state index in [1.165, 1.54) is 19.2 Å². The number of aryl methyl sites for hydroxylation is 1. The van der Waals surface area contributed by atoms with Crippen LogP contribution in [0.1, 0.15) is 32.3 Å². The van der Waals surface area contributed by atoms with Gasteiger partial charge in [0.25, 0.3) is 5.69 Å². The molecule has 0 aliphatic rings. The molecule has 0 saturated carbocycles. The summed E-state index contributed by atoms with van der Waals surface area (Å²) in [5.41, 5.74) is 1.19. The Morgan fingerprint density at radius 1 is 1.11 bits per heavy atom. The second kappa shape index (κ2) is 9.59. The number of amides is 2. The van der Waals surface area contributed by atoms with E-state index in [-0.39, 0.29) is 17.8 Å². The van der Waals surface area contributed by atoms with Crippen molar-refractivity contribution in [1.29, 1.82) is 0 Å². The molecule has 0 bridgehead atoms. The summed E-state index contributed by atoms with van der Waals surface area (Å²) in [6, 6.07) is 9.24. The molecular weight excluding hydrogens is 362 g/mol. The third-order valence-corrected chi connectivity index (χ3v) is 4.33. The van der Waals surface area contributed by atoms with Crippen molar-refractivity contribution in [2.24, 2.45) is 0 Å². The summed E-state index contributed by atoms with van der Waals surface area (Å²) in [7, 11) is 1.50. The molecule has 28 heavy (non-hydrogen) atoms. The first kappa shape index (κ1) is 21.0. The average molecular weight is 387 g/mol. The molecule has 0 aromatic heterocycles. The van der Waals surface area contributed by atoms with Gasteiger partial charge in [0.1, 0.15) is 5.75 Å². The van der Waals surface area contributed by atoms with E-state index in [1.807, 2.05) is 13.8 Å². The summed E-state index contributed by atoms with van der Waals surface area (Å²) in [5.74, 6) is 1.35. The van der Waals surface area contributed by atoms with Crippen molar-refractivity contribution in [2.75, 3.05) is 12.4 Å². The predicted molar refractivity (Wildman–Crippen MR) is 107 cm³/mol. The first-order valence-corrected chi connectivity index (χ1v) is 9.06. The van der Waals surface area contributed by atoms with Gasteiger partial charge < -0.3 is 20.1 Å². The van der Waals surface area contributed by atoms with Gasteiger partial charge in [0.15, 0.2) is 11.5 Å². The zero-order chi connectivity index (χ0) is 20.7. The van der Waals surface area contributed by atoms with Gasteiger partial charge >= 0.3 is 6.03 Å². The van der Waals surface area contributed by atoms with Gasteiger partial charge in [0.05, 0.1) is 12.0 Å². The van der Waals surface area contributed by atoms with Crippen LogP contribution in [-0.4, -0.2) is 24.1 Å². The molecule has 2 amide bonds. The number of nitro groups is 1. The molecule has 0 aliphatic carbocycles. The molecule has 2 aromatic carbocycles. The van der Waals surface area contributed by atoms with Crippen LogP contribution in [0.3, 0.4) is 0 Å². The van der Waals surface area contributed by atoms with Gasteiger partial charge in [-0.3, -0.25) is 10.1 Å². The second-order valence-electron chi connectivity index (χ2n) is 6.29. The highest BCUT2D eigenvalue weighted by atomic mass is 16.6. The summed E-state index contributed by atoms with van der Waals surface area (Å²) >= 11 is 0. The van der Waals surface area contributed by atoms with Crippen molar-refractivity contribution in [1.82, 2.24) is 5.32 Å². The monoisotopic (exact) mass is 387 g/mol. The standard InChI is InChI=1S/C20H25N3O5/c1-5-14(6-2)21-20(24)22-15-7-9-18(19(12-15)27-4)28-17-10-8-16(23(25)26)11-13(17)3/h7-12,14H,5-6H2,1-4H3,(H2,21,22,24). The van der Waals surface area contributed by atoms with Crippen LogP contribution in [0.2, 0.25) is 0 Å². The molecule has 0 fully saturated rings. The van der Waals surface area contributed by atoms with Crippen LogP contribution in [0.5, 0.6) is 17.2 Å². The highest BCUT2D eigenvalue weighted by Crippen LogP contribution is 2.35. The van der Waals surface area contributed by atoms with E-state index in [9.17, 15) is 14.9 Å². The smallest absolute Gasteiger partial charge is 0.319 e. The maximum atomic E-state index is 12.1. The number of urea groups is 1. The number of anilines is 1. The second-order valence-corrected chi connectivity index (χ2v) is 6.29. The van der Waals surface area contributed by atoms with E-state index in [1.54, 1.807) is 31.2 Å². The number of ether oxygens (including phenoxy) is 2. The highest BCUT2D eigenvalue weighted by molar-refractivity contribution is 5.89. The van der Waals surface area contributed by atoms with Crippen molar-refractivity contribution in [2.45, 2.75) is 39.7 Å². The molecule has 2 aromatic rings. The molecule has 0 aliphatic heterocycles. The third-order valence-electron chi connectivity index (χ3n) is 4.33. The van der Waals surface area contributed by atoms with Crippen LogP contribution in [0.25, 0.3) is 0 Å². The summed E-state index contributed by atoms with van der Waals surface area (Å²) < 4.78 is 11.2. The van der Waals surface area contributed by atoms with E-state index in [0.29, 0.717) is 28.5 Å².